The van der Waals surface area contributed by atoms with Crippen LogP contribution >= 0.6 is 0 Å². The average molecular weight is 460 g/mol. The van der Waals surface area contributed by atoms with Gasteiger partial charge in [-0.3, -0.25) is 9.69 Å². The number of nitrogens with one attached hydrogen (secondary N) is 1. The molecule has 32 heavy (non-hydrogen) atoms. The number of rotatable bonds is 10. The van der Waals surface area contributed by atoms with Crippen molar-refractivity contribution in [2.45, 2.75) is 45.0 Å². The predicted molar refractivity (Wildman–Crippen MR) is 125 cm³/mol. The van der Waals surface area contributed by atoms with Crippen LogP contribution in [0.3, 0.4) is 0 Å². The first-order chi connectivity index (χ1) is 15.3. The number of aliphatic hydroxyl groups excluding tert-OH is 1. The molecule has 0 saturated carbocycles. The molecule has 8 heteroatoms. The molecular weight excluding hydrogens is 426 g/mol. The number of carbonyl (C=O) groups is 1. The highest BCUT2D eigenvalue weighted by molar-refractivity contribution is 7.89. The molecule has 0 unspecified atom stereocenters. The monoisotopic (exact) mass is 459 g/mol. The van der Waals surface area contributed by atoms with Gasteiger partial charge in [-0.1, -0.05) is 54.6 Å². The van der Waals surface area contributed by atoms with E-state index >= 15 is 0 Å². The minimum Gasteiger partial charge on any atom is -0.378 e. The third-order valence-corrected chi connectivity index (χ3v) is 7.38. The van der Waals surface area contributed by atoms with E-state index in [9.17, 15) is 18.3 Å². The first-order valence-corrected chi connectivity index (χ1v) is 12.7. The molecule has 0 bridgehead atoms. The number of hydrogen-bond donors (Lipinski definition) is 2. The van der Waals surface area contributed by atoms with Gasteiger partial charge < -0.3 is 10.0 Å². The van der Waals surface area contributed by atoms with E-state index in [1.807, 2.05) is 66.5 Å². The van der Waals surface area contributed by atoms with E-state index in [0.29, 0.717) is 6.54 Å². The van der Waals surface area contributed by atoms with Crippen LogP contribution in [0.15, 0.2) is 54.6 Å². The molecular formula is C24H33N3O4S. The summed E-state index contributed by atoms with van der Waals surface area (Å²) in [6.45, 7) is 3.25. The molecule has 7 nitrogen and oxygen atoms in total. The number of benzene rings is 2. The Bertz CT molecular complexity index is 980. The average Bonchev–Trinajstić information content (AvgIpc) is 3.21. The third kappa shape index (κ3) is 6.62. The number of carbonyl (C=O) groups excluding carboxylic acids is 1. The fourth-order valence-corrected chi connectivity index (χ4v) is 4.50. The van der Waals surface area contributed by atoms with Crippen molar-refractivity contribution >= 4 is 15.9 Å². The van der Waals surface area contributed by atoms with Gasteiger partial charge in [0.25, 0.3) is 0 Å². The molecule has 2 atom stereocenters. The number of hydrogen-bond acceptors (Lipinski definition) is 5. The van der Waals surface area contributed by atoms with Gasteiger partial charge >= 0.3 is 0 Å². The van der Waals surface area contributed by atoms with Crippen molar-refractivity contribution in [3.63, 3.8) is 0 Å². The molecule has 0 aromatic heterocycles. The van der Waals surface area contributed by atoms with Crippen LogP contribution in [0.1, 0.15) is 42.5 Å². The molecule has 2 N–H and O–H groups in total. The van der Waals surface area contributed by atoms with Gasteiger partial charge in [0.2, 0.25) is 15.9 Å². The summed E-state index contributed by atoms with van der Waals surface area (Å²) in [6.07, 6.45) is 1.52. The lowest BCUT2D eigenvalue weighted by atomic mass is 10.0. The molecule has 0 aliphatic carbocycles. The summed E-state index contributed by atoms with van der Waals surface area (Å²) in [6, 6.07) is 17.2. The molecule has 0 spiro atoms. The summed E-state index contributed by atoms with van der Waals surface area (Å²) < 4.78 is 25.8. The van der Waals surface area contributed by atoms with E-state index in [0.717, 1.165) is 36.1 Å². The van der Waals surface area contributed by atoms with Gasteiger partial charge in [0.05, 0.1) is 18.2 Å². The maximum absolute atomic E-state index is 13.1. The number of sulfonamides is 1. The number of aliphatic hydroxyl groups is 1. The number of amides is 1. The van der Waals surface area contributed by atoms with Gasteiger partial charge in [0, 0.05) is 26.7 Å². The van der Waals surface area contributed by atoms with Crippen molar-refractivity contribution in [1.82, 2.24) is 14.5 Å². The summed E-state index contributed by atoms with van der Waals surface area (Å²) in [4.78, 5) is 16.9. The number of likely N-dealkylation sites (tertiary alicyclic amines) is 1. The van der Waals surface area contributed by atoms with E-state index < -0.39 is 16.3 Å². The van der Waals surface area contributed by atoms with Crippen LogP contribution in [0, 0.1) is 0 Å². The van der Waals surface area contributed by atoms with E-state index in [-0.39, 0.29) is 30.7 Å². The maximum Gasteiger partial charge on any atom is 0.227 e. The van der Waals surface area contributed by atoms with Gasteiger partial charge in [0.1, 0.15) is 6.23 Å². The van der Waals surface area contributed by atoms with E-state index in [4.69, 9.17) is 0 Å². The SMILES string of the molecule is CCS(=O)(=O)NCc1ccc(CC(=O)N(C)[C@H](CN2CCC[C@@H]2O)c2ccccc2)cc1. The second-order valence-electron chi connectivity index (χ2n) is 8.27. The Hall–Kier alpha value is -2.26. The Kier molecular flexibility index (Phi) is 8.42. The Morgan fingerprint density at radius 2 is 1.81 bits per heavy atom. The zero-order valence-electron chi connectivity index (χ0n) is 18.8. The second kappa shape index (κ2) is 11.0. The standard InChI is InChI=1S/C24H33N3O4S/c1-3-32(30,31)25-17-20-13-11-19(12-14-20)16-24(29)26(2)22(21-8-5-4-6-9-21)18-27-15-7-10-23(27)28/h4-6,8-9,11-14,22-23,25,28H,3,7,10,15-18H2,1-2H3/t22-,23+/m1/s1. The van der Waals surface area contributed by atoms with E-state index in [1.165, 1.54) is 0 Å². The molecule has 174 valence electrons. The molecule has 2 aromatic carbocycles. The van der Waals surface area contributed by atoms with Gasteiger partial charge in [-0.15, -0.1) is 0 Å². The fraction of sp³-hybridized carbons (Fsp3) is 0.458. The summed E-state index contributed by atoms with van der Waals surface area (Å²) in [5, 5.41) is 10.3. The quantitative estimate of drug-likeness (QED) is 0.569. The van der Waals surface area contributed by atoms with Gasteiger partial charge in [0.15, 0.2) is 0 Å². The van der Waals surface area contributed by atoms with E-state index in [2.05, 4.69) is 4.72 Å². The first-order valence-electron chi connectivity index (χ1n) is 11.1. The topological polar surface area (TPSA) is 90.0 Å². The van der Waals surface area contributed by atoms with Gasteiger partial charge in [-0.2, -0.15) is 0 Å². The van der Waals surface area contributed by atoms with Crippen LogP contribution in [0.25, 0.3) is 0 Å². The van der Waals surface area contributed by atoms with Crippen LogP contribution in [0.4, 0.5) is 0 Å². The van der Waals surface area contributed by atoms with Crippen molar-refractivity contribution < 1.29 is 18.3 Å². The maximum atomic E-state index is 13.1. The van der Waals surface area contributed by atoms with Gasteiger partial charge in [-0.05, 0) is 36.5 Å². The second-order valence-corrected chi connectivity index (χ2v) is 10.4. The molecule has 1 aliphatic heterocycles. The number of likely N-dealkylation sites (N-methyl/N-ethyl adjacent to an activating group) is 1. The summed E-state index contributed by atoms with van der Waals surface area (Å²) >= 11 is 0. The lowest BCUT2D eigenvalue weighted by Gasteiger charge is -2.33. The normalized spacial score (nSPS) is 17.9. The van der Waals surface area contributed by atoms with Crippen molar-refractivity contribution in [3.05, 3.63) is 71.3 Å². The highest BCUT2D eigenvalue weighted by atomic mass is 32.2. The highest BCUT2D eigenvalue weighted by Crippen LogP contribution is 2.25. The van der Waals surface area contributed by atoms with Crippen molar-refractivity contribution in [1.29, 1.82) is 0 Å². The van der Waals surface area contributed by atoms with Crippen molar-refractivity contribution in [2.75, 3.05) is 25.9 Å². The molecule has 1 saturated heterocycles. The van der Waals surface area contributed by atoms with Crippen LogP contribution in [0.2, 0.25) is 0 Å². The Labute approximate surface area is 191 Å². The molecule has 3 rings (SSSR count). The van der Waals surface area contributed by atoms with Crippen LogP contribution in [0.5, 0.6) is 0 Å². The minimum atomic E-state index is -3.24. The van der Waals surface area contributed by atoms with Crippen molar-refractivity contribution in [2.24, 2.45) is 0 Å². The van der Waals surface area contributed by atoms with Crippen molar-refractivity contribution in [3.8, 4) is 0 Å². The smallest absolute Gasteiger partial charge is 0.227 e. The highest BCUT2D eigenvalue weighted by Gasteiger charge is 2.29. The summed E-state index contributed by atoms with van der Waals surface area (Å²) in [7, 11) is -1.42. The Balaban J connectivity index is 1.66. The lowest BCUT2D eigenvalue weighted by Crippen LogP contribution is -2.41. The molecule has 2 aromatic rings. The lowest BCUT2D eigenvalue weighted by molar-refractivity contribution is -0.132. The summed E-state index contributed by atoms with van der Waals surface area (Å²) in [5.41, 5.74) is 2.76. The molecule has 0 radical (unpaired) electrons. The summed E-state index contributed by atoms with van der Waals surface area (Å²) in [5.74, 6) is 0.0372. The third-order valence-electron chi connectivity index (χ3n) is 6.04. The van der Waals surface area contributed by atoms with Crippen LogP contribution < -0.4 is 4.72 Å². The largest absolute Gasteiger partial charge is 0.378 e. The minimum absolute atomic E-state index is 0.00743. The molecule has 1 fully saturated rings. The Morgan fingerprint density at radius 3 is 2.41 bits per heavy atom. The molecule has 1 aliphatic rings. The van der Waals surface area contributed by atoms with Crippen LogP contribution in [-0.2, 0) is 27.8 Å². The molecule has 1 heterocycles. The van der Waals surface area contributed by atoms with Crippen LogP contribution in [-0.4, -0.2) is 61.3 Å². The predicted octanol–water partition coefficient (Wildman–Crippen LogP) is 2.28. The zero-order chi connectivity index (χ0) is 23.1. The first kappa shape index (κ1) is 24.4. The molecule has 1 amide bonds. The Morgan fingerprint density at radius 1 is 1.16 bits per heavy atom. The zero-order valence-corrected chi connectivity index (χ0v) is 19.6. The number of nitrogens with zero attached hydrogens (tertiary/aromatic N) is 2. The fourth-order valence-electron chi connectivity index (χ4n) is 3.91. The van der Waals surface area contributed by atoms with Gasteiger partial charge in [-0.25, -0.2) is 13.1 Å². The van der Waals surface area contributed by atoms with E-state index in [1.54, 1.807) is 11.8 Å².